The maximum Gasteiger partial charge on any atom is 0.265 e. The van der Waals surface area contributed by atoms with Gasteiger partial charge in [-0.15, -0.1) is 0 Å². The molecule has 9 heteroatoms. The lowest BCUT2D eigenvalue weighted by Crippen LogP contribution is -2.43. The van der Waals surface area contributed by atoms with Crippen LogP contribution >= 0.6 is 0 Å². The van der Waals surface area contributed by atoms with E-state index in [-0.39, 0.29) is 17.2 Å². The summed E-state index contributed by atoms with van der Waals surface area (Å²) in [5.74, 6) is 5.19. The van der Waals surface area contributed by atoms with Crippen molar-refractivity contribution in [2.24, 2.45) is 10.8 Å². The number of nitrogens with zero attached hydrogens (tertiary/aromatic N) is 3. The smallest absolute Gasteiger partial charge is 0.265 e. The number of anilines is 1. The van der Waals surface area contributed by atoms with E-state index >= 15 is 0 Å². The zero-order valence-electron chi connectivity index (χ0n) is 18.3. The summed E-state index contributed by atoms with van der Waals surface area (Å²) in [6.07, 6.45) is 0.848. The highest BCUT2D eigenvalue weighted by atomic mass is 19.1. The molecule has 8 nitrogen and oxygen atoms in total. The molecule has 2 unspecified atom stereocenters. The molecular formula is C23H29FN7O+. The number of halogens is 1. The van der Waals surface area contributed by atoms with Crippen molar-refractivity contribution in [1.29, 1.82) is 0 Å². The Morgan fingerprint density at radius 1 is 1.22 bits per heavy atom. The number of nitrogens with two attached hydrogens (primary N) is 1. The summed E-state index contributed by atoms with van der Waals surface area (Å²) in [6, 6.07) is 12.9. The molecule has 0 spiro atoms. The highest BCUT2D eigenvalue weighted by molar-refractivity contribution is 5.80. The number of nitrogens with one attached hydrogen (secondary N) is 3. The zero-order valence-corrected chi connectivity index (χ0v) is 18.3. The number of hydrazine groups is 1. The Balaban J connectivity index is 1.60. The van der Waals surface area contributed by atoms with E-state index in [4.69, 9.17) is 5.84 Å². The van der Waals surface area contributed by atoms with E-state index in [1.807, 2.05) is 0 Å². The van der Waals surface area contributed by atoms with Crippen LogP contribution in [0.3, 0.4) is 0 Å². The molecule has 0 radical (unpaired) electrons. The number of nitroso groups, excluding NO2 is 1. The first-order chi connectivity index (χ1) is 15.5. The van der Waals surface area contributed by atoms with Crippen LogP contribution in [0, 0.1) is 10.7 Å². The van der Waals surface area contributed by atoms with Crippen molar-refractivity contribution in [3.63, 3.8) is 0 Å². The van der Waals surface area contributed by atoms with Crippen LogP contribution in [0.2, 0.25) is 0 Å². The van der Waals surface area contributed by atoms with Crippen LogP contribution in [0.5, 0.6) is 0 Å². The summed E-state index contributed by atoms with van der Waals surface area (Å²) < 4.78 is 15.3. The minimum absolute atomic E-state index is 0.0624. The Morgan fingerprint density at radius 2 is 1.94 bits per heavy atom. The molecule has 0 aromatic heterocycles. The highest BCUT2D eigenvalue weighted by Gasteiger charge is 2.30. The third-order valence-electron chi connectivity index (χ3n) is 6.04. The highest BCUT2D eigenvalue weighted by Crippen LogP contribution is 2.34. The largest absolute Gasteiger partial charge is 0.369 e. The average molecular weight is 439 g/mol. The first-order valence-corrected chi connectivity index (χ1v) is 10.7. The topological polar surface area (TPSA) is 97.8 Å². The number of aliphatic imine (C=N–C) groups is 1. The van der Waals surface area contributed by atoms with Gasteiger partial charge in [0.1, 0.15) is 11.4 Å². The molecule has 2 heterocycles. The maximum atomic E-state index is 14.7. The monoisotopic (exact) mass is 438 g/mol. The summed E-state index contributed by atoms with van der Waals surface area (Å²) in [4.78, 5) is 18.8. The van der Waals surface area contributed by atoms with Crippen LogP contribution in [0.25, 0.3) is 0 Å². The van der Waals surface area contributed by atoms with Crippen molar-refractivity contribution in [3.8, 4) is 0 Å². The van der Waals surface area contributed by atoms with Crippen molar-refractivity contribution in [1.82, 2.24) is 16.1 Å². The third-order valence-corrected chi connectivity index (χ3v) is 6.04. The Labute approximate surface area is 186 Å². The molecule has 4 rings (SSSR count). The van der Waals surface area contributed by atoms with Gasteiger partial charge in [0, 0.05) is 59.2 Å². The zero-order chi connectivity index (χ0) is 22.7. The van der Waals surface area contributed by atoms with Gasteiger partial charge in [-0.1, -0.05) is 25.1 Å². The van der Waals surface area contributed by atoms with Gasteiger partial charge in [-0.05, 0) is 23.8 Å². The molecule has 0 amide bonds. The van der Waals surface area contributed by atoms with Crippen molar-refractivity contribution in [3.05, 3.63) is 75.7 Å². The molecule has 0 aliphatic carbocycles. The average Bonchev–Trinajstić information content (AvgIpc) is 2.83. The molecule has 32 heavy (non-hydrogen) atoms. The second kappa shape index (κ2) is 9.46. The molecule has 0 saturated carbocycles. The number of hydrogen-bond donors (Lipinski definition) is 4. The van der Waals surface area contributed by atoms with E-state index < -0.39 is 12.0 Å². The van der Waals surface area contributed by atoms with Gasteiger partial charge in [-0.25, -0.2) is 4.39 Å². The summed E-state index contributed by atoms with van der Waals surface area (Å²) in [5, 5.41) is 6.66. The molecule has 2 atom stereocenters. The number of rotatable bonds is 6. The van der Waals surface area contributed by atoms with Gasteiger partial charge >= 0.3 is 0 Å². The molecule has 2 aliphatic rings. The number of allylic oxidation sites excluding steroid dienone is 2. The quantitative estimate of drug-likeness (QED) is 0.314. The van der Waals surface area contributed by atoms with Gasteiger partial charge in [-0.3, -0.25) is 10.8 Å². The second-order valence-corrected chi connectivity index (χ2v) is 8.02. The number of hydrogen-bond acceptors (Lipinski definition) is 7. The molecule has 2 aliphatic heterocycles. The standard InChI is InChI=1S/C23H29FN7O/c1-15(16-6-8-17(9-7-16)31-12-10-26-11-13-31)22-19(29-25)14-27-23(28-22)21-18(24)4-3-5-20(21)30(2)32/h3-9,14-15,23,26,28-29H,10-13,25H2,1-2H3/q+1. The summed E-state index contributed by atoms with van der Waals surface area (Å²) in [5.41, 5.74) is 6.80. The fraction of sp³-hybridized carbons (Fsp3) is 0.348. The molecule has 168 valence electrons. The maximum absolute atomic E-state index is 14.7. The number of piperazine rings is 1. The van der Waals surface area contributed by atoms with E-state index in [0.717, 1.165) is 37.4 Å². The first-order valence-electron chi connectivity index (χ1n) is 10.7. The SMILES string of the molecule is CC(C1=C(NN)C=NC(c2c(F)cccc2[N+](C)=O)N1)c1ccc(N2CCNCC2)cc1. The molecule has 1 saturated heterocycles. The van der Waals surface area contributed by atoms with Gasteiger partial charge in [0.05, 0.1) is 11.9 Å². The molecule has 1 fully saturated rings. The Morgan fingerprint density at radius 3 is 2.59 bits per heavy atom. The van der Waals surface area contributed by atoms with E-state index in [0.29, 0.717) is 10.5 Å². The van der Waals surface area contributed by atoms with Crippen molar-refractivity contribution in [2.45, 2.75) is 19.0 Å². The lowest BCUT2D eigenvalue weighted by molar-refractivity contribution is -0.429. The lowest BCUT2D eigenvalue weighted by atomic mass is 9.94. The van der Waals surface area contributed by atoms with Gasteiger partial charge in [0.25, 0.3) is 5.69 Å². The van der Waals surface area contributed by atoms with Crippen LogP contribution in [0.15, 0.2) is 58.9 Å². The molecular weight excluding hydrogens is 409 g/mol. The van der Waals surface area contributed by atoms with E-state index in [1.165, 1.54) is 24.9 Å². The third kappa shape index (κ3) is 4.35. The van der Waals surface area contributed by atoms with Gasteiger partial charge < -0.3 is 21.0 Å². The van der Waals surface area contributed by atoms with Crippen LogP contribution in [-0.2, 0) is 0 Å². The van der Waals surface area contributed by atoms with E-state index in [2.05, 4.69) is 57.1 Å². The van der Waals surface area contributed by atoms with Crippen molar-refractivity contribution in [2.75, 3.05) is 38.1 Å². The normalized spacial score (nSPS) is 19.5. The Kier molecular flexibility index (Phi) is 6.48. The number of benzene rings is 2. The Bertz CT molecular complexity index is 1040. The predicted octanol–water partition coefficient (Wildman–Crippen LogP) is 2.43. The van der Waals surface area contributed by atoms with Crippen molar-refractivity contribution < 1.29 is 9.15 Å². The second-order valence-electron chi connectivity index (χ2n) is 8.02. The van der Waals surface area contributed by atoms with Crippen LogP contribution in [-0.4, -0.2) is 44.2 Å². The van der Waals surface area contributed by atoms with E-state index in [9.17, 15) is 9.30 Å². The molecule has 2 aromatic carbocycles. The fourth-order valence-electron chi connectivity index (χ4n) is 4.24. The van der Waals surface area contributed by atoms with Crippen molar-refractivity contribution >= 4 is 17.6 Å². The van der Waals surface area contributed by atoms with Gasteiger partial charge in [0.2, 0.25) is 0 Å². The lowest BCUT2D eigenvalue weighted by Gasteiger charge is -2.30. The van der Waals surface area contributed by atoms with Crippen LogP contribution < -0.4 is 26.8 Å². The summed E-state index contributed by atoms with van der Waals surface area (Å²) >= 11 is 0. The fourth-order valence-corrected chi connectivity index (χ4v) is 4.24. The van der Waals surface area contributed by atoms with Gasteiger partial charge in [0.15, 0.2) is 13.2 Å². The Hall–Kier alpha value is -3.30. The molecule has 0 bridgehead atoms. The first kappa shape index (κ1) is 21.9. The summed E-state index contributed by atoms with van der Waals surface area (Å²) in [6.45, 7) is 5.99. The molecule has 5 N–H and O–H groups in total. The van der Waals surface area contributed by atoms with E-state index in [1.54, 1.807) is 12.3 Å². The van der Waals surface area contributed by atoms with Crippen LogP contribution in [0.1, 0.15) is 30.1 Å². The van der Waals surface area contributed by atoms with Gasteiger partial charge in [-0.2, -0.15) is 0 Å². The minimum atomic E-state index is -0.739. The predicted molar refractivity (Wildman–Crippen MR) is 124 cm³/mol. The summed E-state index contributed by atoms with van der Waals surface area (Å²) in [7, 11) is 1.34. The molecule has 2 aromatic rings. The van der Waals surface area contributed by atoms with Crippen LogP contribution in [0.4, 0.5) is 15.8 Å². The minimum Gasteiger partial charge on any atom is -0.369 e.